The smallest absolute Gasteiger partial charge is 0.231 e. The fourth-order valence-corrected chi connectivity index (χ4v) is 1.90. The molecule has 3 heteroatoms. The predicted molar refractivity (Wildman–Crippen MR) is 61.6 cm³/mol. The van der Waals surface area contributed by atoms with E-state index in [-0.39, 0.29) is 5.91 Å². The van der Waals surface area contributed by atoms with E-state index in [1.807, 2.05) is 37.4 Å². The number of carbonyl (C=O) groups excluding carboxylic acids is 1. The number of nitrogens with two attached hydrogens (primary N) is 1. The molecule has 2 rings (SSSR count). The van der Waals surface area contributed by atoms with Gasteiger partial charge in [-0.3, -0.25) is 4.79 Å². The number of rotatable bonds is 2. The van der Waals surface area contributed by atoms with Crippen molar-refractivity contribution in [1.82, 2.24) is 0 Å². The van der Waals surface area contributed by atoms with Crippen molar-refractivity contribution in [3.63, 3.8) is 0 Å². The summed E-state index contributed by atoms with van der Waals surface area (Å²) in [6.07, 6.45) is 4.37. The van der Waals surface area contributed by atoms with Crippen molar-refractivity contribution in [3.05, 3.63) is 35.4 Å². The molecule has 1 aromatic rings. The van der Waals surface area contributed by atoms with Crippen LogP contribution in [-0.4, -0.2) is 19.5 Å². The topological polar surface area (TPSA) is 46.3 Å². The summed E-state index contributed by atoms with van der Waals surface area (Å²) in [6, 6.07) is 5.97. The molecule has 0 saturated heterocycles. The highest BCUT2D eigenvalue weighted by Crippen LogP contribution is 2.31. The molecule has 0 atom stereocenters. The van der Waals surface area contributed by atoms with Gasteiger partial charge in [0, 0.05) is 13.6 Å². The second-order valence-electron chi connectivity index (χ2n) is 3.62. The Bertz CT molecular complexity index is 424. The van der Waals surface area contributed by atoms with Crippen molar-refractivity contribution < 1.29 is 4.79 Å². The Hall–Kier alpha value is -1.61. The van der Waals surface area contributed by atoms with Crippen LogP contribution in [0.15, 0.2) is 24.3 Å². The van der Waals surface area contributed by atoms with Gasteiger partial charge < -0.3 is 10.6 Å². The lowest BCUT2D eigenvalue weighted by molar-refractivity contribution is -0.117. The SMILES string of the molecule is CN1C(=O)Cc2cccc(/C=C/CN)c21. The van der Waals surface area contributed by atoms with Gasteiger partial charge in [0.15, 0.2) is 0 Å². The van der Waals surface area contributed by atoms with Crippen LogP contribution in [0.2, 0.25) is 0 Å². The molecule has 0 spiro atoms. The van der Waals surface area contributed by atoms with Crippen LogP contribution in [0.3, 0.4) is 0 Å². The quantitative estimate of drug-likeness (QED) is 0.782. The van der Waals surface area contributed by atoms with Gasteiger partial charge in [0.2, 0.25) is 5.91 Å². The summed E-state index contributed by atoms with van der Waals surface area (Å²) in [4.78, 5) is 13.2. The van der Waals surface area contributed by atoms with Gasteiger partial charge in [-0.2, -0.15) is 0 Å². The first-order valence-corrected chi connectivity index (χ1v) is 4.99. The first kappa shape index (κ1) is 9.93. The maximum atomic E-state index is 11.5. The molecule has 0 bridgehead atoms. The molecular weight excluding hydrogens is 188 g/mol. The Kier molecular flexibility index (Phi) is 2.56. The van der Waals surface area contributed by atoms with Crippen LogP contribution < -0.4 is 10.6 Å². The number of carbonyl (C=O) groups is 1. The maximum absolute atomic E-state index is 11.5. The second-order valence-corrected chi connectivity index (χ2v) is 3.62. The van der Waals surface area contributed by atoms with Gasteiger partial charge >= 0.3 is 0 Å². The van der Waals surface area contributed by atoms with Crippen LogP contribution in [0, 0.1) is 0 Å². The highest BCUT2D eigenvalue weighted by molar-refractivity contribution is 6.03. The summed E-state index contributed by atoms with van der Waals surface area (Å²) in [5, 5.41) is 0. The first-order chi connectivity index (χ1) is 7.24. The average molecular weight is 202 g/mol. The average Bonchev–Trinajstić information content (AvgIpc) is 2.53. The Morgan fingerprint density at radius 1 is 1.53 bits per heavy atom. The molecule has 1 aliphatic heterocycles. The van der Waals surface area contributed by atoms with Gasteiger partial charge in [0.05, 0.1) is 12.1 Å². The van der Waals surface area contributed by atoms with Crippen molar-refractivity contribution in [2.45, 2.75) is 6.42 Å². The van der Waals surface area contributed by atoms with E-state index in [1.165, 1.54) is 0 Å². The summed E-state index contributed by atoms with van der Waals surface area (Å²) in [6.45, 7) is 0.515. The third-order valence-electron chi connectivity index (χ3n) is 2.64. The Morgan fingerprint density at radius 2 is 2.33 bits per heavy atom. The first-order valence-electron chi connectivity index (χ1n) is 4.99. The van der Waals surface area contributed by atoms with E-state index in [0.717, 1.165) is 16.8 Å². The Morgan fingerprint density at radius 3 is 3.07 bits per heavy atom. The number of benzene rings is 1. The summed E-state index contributed by atoms with van der Waals surface area (Å²) in [5.41, 5.74) is 8.60. The maximum Gasteiger partial charge on any atom is 0.231 e. The monoisotopic (exact) mass is 202 g/mol. The standard InChI is InChI=1S/C12H14N2O/c1-14-11(15)8-10-5-2-4-9(12(10)14)6-3-7-13/h2-6H,7-8,13H2,1H3/b6-3+. The van der Waals surface area contributed by atoms with Crippen LogP contribution in [0.25, 0.3) is 6.08 Å². The summed E-state index contributed by atoms with van der Waals surface area (Å²) >= 11 is 0. The highest BCUT2D eigenvalue weighted by Gasteiger charge is 2.25. The molecular formula is C12H14N2O. The fraction of sp³-hybridized carbons (Fsp3) is 0.250. The molecule has 1 amide bonds. The fourth-order valence-electron chi connectivity index (χ4n) is 1.90. The molecule has 1 aromatic carbocycles. The molecule has 0 unspecified atom stereocenters. The normalized spacial score (nSPS) is 15.1. The van der Waals surface area contributed by atoms with E-state index < -0.39 is 0 Å². The van der Waals surface area contributed by atoms with E-state index >= 15 is 0 Å². The summed E-state index contributed by atoms with van der Waals surface area (Å²) in [5.74, 6) is 0.151. The predicted octanol–water partition coefficient (Wildman–Crippen LogP) is 1.18. The zero-order chi connectivity index (χ0) is 10.8. The highest BCUT2D eigenvalue weighted by atomic mass is 16.2. The number of anilines is 1. The molecule has 0 aliphatic carbocycles. The number of nitrogens with zero attached hydrogens (tertiary/aromatic N) is 1. The number of fused-ring (bicyclic) bond motifs is 1. The third-order valence-corrected chi connectivity index (χ3v) is 2.64. The van der Waals surface area contributed by atoms with E-state index in [1.54, 1.807) is 4.90 Å². The molecule has 1 aliphatic rings. The Balaban J connectivity index is 2.47. The number of para-hydroxylation sites is 1. The van der Waals surface area contributed by atoms with Gasteiger partial charge in [0.1, 0.15) is 0 Å². The van der Waals surface area contributed by atoms with Crippen molar-refractivity contribution in [2.24, 2.45) is 5.73 Å². The molecule has 2 N–H and O–H groups in total. The van der Waals surface area contributed by atoms with Crippen LogP contribution in [0.1, 0.15) is 11.1 Å². The van der Waals surface area contributed by atoms with Gasteiger partial charge in [0.25, 0.3) is 0 Å². The van der Waals surface area contributed by atoms with Gasteiger partial charge in [-0.1, -0.05) is 30.4 Å². The molecule has 0 saturated carbocycles. The minimum absolute atomic E-state index is 0.151. The number of hydrogen-bond donors (Lipinski definition) is 1. The van der Waals surface area contributed by atoms with Crippen molar-refractivity contribution in [2.75, 3.05) is 18.5 Å². The molecule has 15 heavy (non-hydrogen) atoms. The zero-order valence-corrected chi connectivity index (χ0v) is 8.73. The summed E-state index contributed by atoms with van der Waals surface area (Å²) in [7, 11) is 1.81. The van der Waals surface area contributed by atoms with Gasteiger partial charge in [-0.15, -0.1) is 0 Å². The Labute approximate surface area is 89.2 Å². The number of amides is 1. The van der Waals surface area contributed by atoms with E-state index in [4.69, 9.17) is 5.73 Å². The van der Waals surface area contributed by atoms with Crippen LogP contribution >= 0.6 is 0 Å². The number of hydrogen-bond acceptors (Lipinski definition) is 2. The zero-order valence-electron chi connectivity index (χ0n) is 8.73. The lowest BCUT2D eigenvalue weighted by Crippen LogP contribution is -2.21. The largest absolute Gasteiger partial charge is 0.327 e. The lowest BCUT2D eigenvalue weighted by atomic mass is 10.1. The minimum atomic E-state index is 0.151. The van der Waals surface area contributed by atoms with Crippen molar-refractivity contribution in [3.8, 4) is 0 Å². The molecule has 78 valence electrons. The van der Waals surface area contributed by atoms with Gasteiger partial charge in [-0.05, 0) is 11.1 Å². The molecule has 3 nitrogen and oxygen atoms in total. The van der Waals surface area contributed by atoms with E-state index in [9.17, 15) is 4.79 Å². The van der Waals surface area contributed by atoms with E-state index in [2.05, 4.69) is 0 Å². The number of likely N-dealkylation sites (N-methyl/N-ethyl adjacent to an activating group) is 1. The van der Waals surface area contributed by atoms with Crippen LogP contribution in [-0.2, 0) is 11.2 Å². The lowest BCUT2D eigenvalue weighted by Gasteiger charge is -2.12. The van der Waals surface area contributed by atoms with Crippen molar-refractivity contribution in [1.29, 1.82) is 0 Å². The molecule has 0 aromatic heterocycles. The van der Waals surface area contributed by atoms with Crippen molar-refractivity contribution >= 4 is 17.7 Å². The van der Waals surface area contributed by atoms with Gasteiger partial charge in [-0.25, -0.2) is 0 Å². The van der Waals surface area contributed by atoms with Crippen LogP contribution in [0.4, 0.5) is 5.69 Å². The minimum Gasteiger partial charge on any atom is -0.327 e. The third kappa shape index (κ3) is 1.66. The summed E-state index contributed by atoms with van der Waals surface area (Å²) < 4.78 is 0. The molecule has 0 radical (unpaired) electrons. The molecule has 0 fully saturated rings. The molecule has 1 heterocycles. The van der Waals surface area contributed by atoms with Crippen LogP contribution in [0.5, 0.6) is 0 Å². The van der Waals surface area contributed by atoms with E-state index in [0.29, 0.717) is 13.0 Å². The second kappa shape index (κ2) is 3.87.